The number of likely N-dealkylation sites (tertiary alicyclic amines) is 1. The molecule has 2 heterocycles. The highest BCUT2D eigenvalue weighted by atomic mass is 28.3. The van der Waals surface area contributed by atoms with Crippen LogP contribution < -0.4 is 10.1 Å². The van der Waals surface area contributed by atoms with Gasteiger partial charge in [0.15, 0.2) is 0 Å². The highest BCUT2D eigenvalue weighted by molar-refractivity contribution is 6.76. The van der Waals surface area contributed by atoms with Crippen molar-refractivity contribution in [3.63, 3.8) is 0 Å². The number of carbonyl (C=O) groups excluding carboxylic acids is 3. The molecular weight excluding hydrogens is 611 g/mol. The van der Waals surface area contributed by atoms with Crippen molar-refractivity contribution in [1.82, 2.24) is 15.2 Å². The van der Waals surface area contributed by atoms with E-state index in [9.17, 15) is 14.4 Å². The predicted molar refractivity (Wildman–Crippen MR) is 189 cm³/mol. The van der Waals surface area contributed by atoms with E-state index in [0.717, 1.165) is 40.2 Å². The van der Waals surface area contributed by atoms with E-state index in [-0.39, 0.29) is 25.5 Å². The molecule has 0 radical (unpaired) electrons. The number of benzene rings is 2. The topological polar surface area (TPSA) is 107 Å². The Kier molecular flexibility index (Phi) is 12.4. The van der Waals surface area contributed by atoms with Gasteiger partial charge in [-0.15, -0.1) is 0 Å². The number of carbonyl (C=O) groups is 3. The highest BCUT2D eigenvalue weighted by Gasteiger charge is 2.44. The molecule has 2 aromatic carbocycles. The summed E-state index contributed by atoms with van der Waals surface area (Å²) in [6.45, 7) is 16.6. The molecule has 0 saturated carbocycles. The Balaban J connectivity index is 1.66. The Labute approximate surface area is 279 Å². The van der Waals surface area contributed by atoms with Gasteiger partial charge in [-0.25, -0.2) is 14.6 Å². The maximum absolute atomic E-state index is 14.1. The summed E-state index contributed by atoms with van der Waals surface area (Å²) in [6.07, 6.45) is 4.16. The van der Waals surface area contributed by atoms with Gasteiger partial charge in [0.1, 0.15) is 30.5 Å². The van der Waals surface area contributed by atoms with Crippen LogP contribution in [0.3, 0.4) is 0 Å². The van der Waals surface area contributed by atoms with Crippen LogP contribution in [0, 0.1) is 0 Å². The highest BCUT2D eigenvalue weighted by Crippen LogP contribution is 2.34. The molecule has 1 aliphatic heterocycles. The molecule has 3 atom stereocenters. The van der Waals surface area contributed by atoms with Crippen LogP contribution in [-0.4, -0.2) is 73.9 Å². The van der Waals surface area contributed by atoms with E-state index in [1.807, 2.05) is 61.5 Å². The standard InChI is InChI=1S/C37H47N3O6Si/c1-7-10-16-31(39-37(43)45-19-8-2)35(41)40-25-28(23-33(40)36(42)44-20-21-47(4,5)6)46-34-24-32(27-14-12-11-13-15-27)38-30-18-17-26(9-3)22-29(30)34/h8-9,11-15,17-18,22,24,28,31,33H,2-3,7,10,16,19-21,23,25H2,1,4-6H3,(H,39,43)/t28-,31+,33+/m1/s1. The molecule has 47 heavy (non-hydrogen) atoms. The Bertz CT molecular complexity index is 1570. The number of nitrogens with one attached hydrogen (secondary N) is 1. The quantitative estimate of drug-likeness (QED) is 0.104. The number of hydrogen-bond acceptors (Lipinski definition) is 7. The average molecular weight is 658 g/mol. The number of rotatable bonds is 15. The van der Waals surface area contributed by atoms with Gasteiger partial charge in [0.25, 0.3) is 0 Å². The number of aromatic nitrogens is 1. The molecular formula is C37H47N3O6Si. The fourth-order valence-corrected chi connectivity index (χ4v) is 6.18. The smallest absolute Gasteiger partial charge is 0.408 e. The zero-order chi connectivity index (χ0) is 34.0. The molecule has 1 N–H and O–H groups in total. The number of unbranched alkanes of at least 4 members (excludes halogenated alkanes) is 1. The number of hydrogen-bond donors (Lipinski definition) is 1. The van der Waals surface area contributed by atoms with E-state index >= 15 is 0 Å². The molecule has 1 aliphatic rings. The third kappa shape index (κ3) is 9.78. The lowest BCUT2D eigenvalue weighted by atomic mass is 10.1. The SMILES string of the molecule is C=CCOC(=O)N[C@@H](CCCC)C(=O)N1C[C@H](Oc2cc(-c3ccccc3)nc3ccc(C=C)cc23)C[C@H]1C(=O)OCC[Si](C)(C)C. The van der Waals surface area contributed by atoms with Crippen LogP contribution in [0.1, 0.15) is 38.2 Å². The van der Waals surface area contributed by atoms with Gasteiger partial charge < -0.3 is 24.4 Å². The van der Waals surface area contributed by atoms with Crippen molar-refractivity contribution >= 4 is 43.0 Å². The number of ether oxygens (including phenoxy) is 3. The maximum Gasteiger partial charge on any atom is 0.408 e. The molecule has 250 valence electrons. The molecule has 0 bridgehead atoms. The molecule has 1 saturated heterocycles. The van der Waals surface area contributed by atoms with E-state index in [2.05, 4.69) is 38.1 Å². The van der Waals surface area contributed by atoms with Crippen LogP contribution in [0.5, 0.6) is 5.75 Å². The van der Waals surface area contributed by atoms with Crippen LogP contribution in [0.25, 0.3) is 28.2 Å². The van der Waals surface area contributed by atoms with Gasteiger partial charge in [-0.3, -0.25) is 4.79 Å². The van der Waals surface area contributed by atoms with Crippen molar-refractivity contribution in [2.45, 2.75) is 76.5 Å². The molecule has 0 spiro atoms. The second-order valence-electron chi connectivity index (χ2n) is 13.0. The average Bonchev–Trinajstić information content (AvgIpc) is 3.48. The third-order valence-electron chi connectivity index (χ3n) is 8.08. The Morgan fingerprint density at radius 3 is 2.53 bits per heavy atom. The van der Waals surface area contributed by atoms with Gasteiger partial charge in [0, 0.05) is 31.5 Å². The zero-order valence-corrected chi connectivity index (χ0v) is 29.0. The second-order valence-corrected chi connectivity index (χ2v) is 18.7. The van der Waals surface area contributed by atoms with E-state index in [1.165, 1.54) is 11.0 Å². The van der Waals surface area contributed by atoms with Crippen molar-refractivity contribution in [2.75, 3.05) is 19.8 Å². The largest absolute Gasteiger partial charge is 0.488 e. The van der Waals surface area contributed by atoms with Crippen molar-refractivity contribution in [1.29, 1.82) is 0 Å². The lowest BCUT2D eigenvalue weighted by Crippen LogP contribution is -2.52. The van der Waals surface area contributed by atoms with E-state index in [1.54, 1.807) is 6.08 Å². The first-order chi connectivity index (χ1) is 22.5. The molecule has 2 amide bonds. The first-order valence-corrected chi connectivity index (χ1v) is 20.0. The fourth-order valence-electron chi connectivity index (χ4n) is 5.46. The van der Waals surface area contributed by atoms with Crippen molar-refractivity contribution in [3.8, 4) is 17.0 Å². The van der Waals surface area contributed by atoms with Gasteiger partial charge in [-0.05, 0) is 30.2 Å². The van der Waals surface area contributed by atoms with Crippen LogP contribution in [0.4, 0.5) is 4.79 Å². The lowest BCUT2D eigenvalue weighted by Gasteiger charge is -2.28. The first kappa shape index (κ1) is 35.4. The number of pyridine rings is 1. The minimum Gasteiger partial charge on any atom is -0.488 e. The Morgan fingerprint density at radius 2 is 1.85 bits per heavy atom. The summed E-state index contributed by atoms with van der Waals surface area (Å²) in [7, 11) is -1.46. The first-order valence-electron chi connectivity index (χ1n) is 16.3. The van der Waals surface area contributed by atoms with Crippen LogP contribution in [-0.2, 0) is 19.1 Å². The summed E-state index contributed by atoms with van der Waals surface area (Å²) in [5.74, 6) is -0.244. The third-order valence-corrected chi connectivity index (χ3v) is 9.78. The van der Waals surface area contributed by atoms with Gasteiger partial charge in [0.2, 0.25) is 5.91 Å². The summed E-state index contributed by atoms with van der Waals surface area (Å²) in [5.41, 5.74) is 3.35. The van der Waals surface area contributed by atoms with Gasteiger partial charge >= 0.3 is 12.1 Å². The normalized spacial score (nSPS) is 16.7. The molecule has 9 nitrogen and oxygen atoms in total. The summed E-state index contributed by atoms with van der Waals surface area (Å²) in [6, 6.07) is 16.7. The molecule has 1 fully saturated rings. The van der Waals surface area contributed by atoms with Crippen LogP contribution >= 0.6 is 0 Å². The second kappa shape index (κ2) is 16.4. The summed E-state index contributed by atoms with van der Waals surface area (Å²) in [5, 5.41) is 3.51. The van der Waals surface area contributed by atoms with Crippen molar-refractivity contribution < 1.29 is 28.6 Å². The van der Waals surface area contributed by atoms with Crippen molar-refractivity contribution in [3.05, 3.63) is 79.4 Å². The number of esters is 1. The van der Waals surface area contributed by atoms with Crippen LogP contribution in [0.2, 0.25) is 25.7 Å². The molecule has 3 aromatic rings. The Morgan fingerprint density at radius 1 is 1.09 bits per heavy atom. The van der Waals surface area contributed by atoms with Crippen LogP contribution in [0.15, 0.2) is 73.8 Å². The molecule has 10 heteroatoms. The number of alkyl carbamates (subject to hydrolysis) is 1. The molecule has 0 aliphatic carbocycles. The lowest BCUT2D eigenvalue weighted by molar-refractivity contribution is -0.153. The van der Waals surface area contributed by atoms with Crippen molar-refractivity contribution in [2.24, 2.45) is 0 Å². The maximum atomic E-state index is 14.1. The molecule has 0 unspecified atom stereocenters. The van der Waals surface area contributed by atoms with E-state index < -0.39 is 38.3 Å². The summed E-state index contributed by atoms with van der Waals surface area (Å²) >= 11 is 0. The van der Waals surface area contributed by atoms with E-state index in [4.69, 9.17) is 19.2 Å². The minimum absolute atomic E-state index is 0.0185. The van der Waals surface area contributed by atoms with Gasteiger partial charge in [0.05, 0.1) is 24.4 Å². The summed E-state index contributed by atoms with van der Waals surface area (Å²) in [4.78, 5) is 46.6. The number of fused-ring (bicyclic) bond motifs is 1. The molecule has 1 aromatic heterocycles. The van der Waals surface area contributed by atoms with E-state index in [0.29, 0.717) is 25.2 Å². The predicted octanol–water partition coefficient (Wildman–Crippen LogP) is 7.25. The fraction of sp³-hybridized carbons (Fsp3) is 0.405. The molecule has 4 rings (SSSR count). The number of nitrogens with zero attached hydrogens (tertiary/aromatic N) is 2. The monoisotopic (exact) mass is 657 g/mol. The minimum atomic E-state index is -1.46. The Hall–Kier alpha value is -4.44. The zero-order valence-electron chi connectivity index (χ0n) is 28.0. The number of amides is 2. The summed E-state index contributed by atoms with van der Waals surface area (Å²) < 4.78 is 17.5. The van der Waals surface area contributed by atoms with Gasteiger partial charge in [-0.1, -0.05) is 101 Å². The van der Waals surface area contributed by atoms with Gasteiger partial charge in [-0.2, -0.15) is 0 Å².